The summed E-state index contributed by atoms with van der Waals surface area (Å²) in [6, 6.07) is 14.2. The number of non-ortho nitro benzene ring substituents is 1. The topological polar surface area (TPSA) is 131 Å². The van der Waals surface area contributed by atoms with Crippen molar-refractivity contribution in [3.8, 4) is 11.5 Å². The van der Waals surface area contributed by atoms with E-state index in [9.17, 15) is 20.0 Å². The molecule has 0 aliphatic carbocycles. The van der Waals surface area contributed by atoms with Gasteiger partial charge in [0.2, 0.25) is 0 Å². The number of hydrogen-bond donors (Lipinski definition) is 1. The zero-order valence-corrected chi connectivity index (χ0v) is 19.3. The Morgan fingerprint density at radius 1 is 1.20 bits per heavy atom. The lowest BCUT2D eigenvalue weighted by molar-refractivity contribution is -0.384. The second-order valence-electron chi connectivity index (χ2n) is 7.22. The van der Waals surface area contributed by atoms with Crippen LogP contribution in [0.15, 0.2) is 80.4 Å². The van der Waals surface area contributed by atoms with E-state index in [4.69, 9.17) is 9.15 Å². The van der Waals surface area contributed by atoms with Crippen LogP contribution in [0.5, 0.6) is 11.5 Å². The van der Waals surface area contributed by atoms with Gasteiger partial charge in [0.15, 0.2) is 16.7 Å². The highest BCUT2D eigenvalue weighted by atomic mass is 32.2. The molecule has 1 aliphatic heterocycles. The monoisotopic (exact) mass is 492 g/mol. The highest BCUT2D eigenvalue weighted by Gasteiger charge is 2.34. The molecule has 4 rings (SSSR count). The Kier molecular flexibility index (Phi) is 7.27. The Labute approximate surface area is 204 Å². The molecule has 0 radical (unpaired) electrons. The van der Waals surface area contributed by atoms with Crippen LogP contribution in [-0.2, 0) is 11.3 Å². The first-order chi connectivity index (χ1) is 16.9. The molecule has 0 atom stereocenters. The van der Waals surface area contributed by atoms with Gasteiger partial charge < -0.3 is 14.3 Å². The standard InChI is InChI=1S/C24H20N4O6S/c1-2-33-21-12-17(7-10-20(21)29)13-22-23(30)27(15-19-4-3-11-34-19)24(35-22)26-25-14-16-5-8-18(9-6-16)28(31)32/h3-14,29H,2,15H2,1H3/b22-13-,25-14+,26-24-. The second-order valence-corrected chi connectivity index (χ2v) is 8.23. The van der Waals surface area contributed by atoms with Crippen molar-refractivity contribution < 1.29 is 24.0 Å². The third-order valence-corrected chi connectivity index (χ3v) is 5.81. The third-order valence-electron chi connectivity index (χ3n) is 4.82. The van der Waals surface area contributed by atoms with E-state index in [1.54, 1.807) is 42.5 Å². The lowest BCUT2D eigenvalue weighted by Crippen LogP contribution is -2.28. The summed E-state index contributed by atoms with van der Waals surface area (Å²) >= 11 is 1.15. The molecule has 1 saturated heterocycles. The Bertz CT molecular complexity index is 1320. The van der Waals surface area contributed by atoms with Gasteiger partial charge in [-0.25, -0.2) is 0 Å². The summed E-state index contributed by atoms with van der Waals surface area (Å²) in [6.07, 6.45) is 4.66. The number of carbonyl (C=O) groups is 1. The first-order valence-electron chi connectivity index (χ1n) is 10.5. The van der Waals surface area contributed by atoms with Crippen molar-refractivity contribution in [1.29, 1.82) is 0 Å². The molecule has 1 fully saturated rings. The van der Waals surface area contributed by atoms with Gasteiger partial charge in [-0.3, -0.25) is 19.8 Å². The number of nitrogens with zero attached hydrogens (tertiary/aromatic N) is 4. The van der Waals surface area contributed by atoms with E-state index in [0.29, 0.717) is 39.3 Å². The Morgan fingerprint density at radius 3 is 2.66 bits per heavy atom. The SMILES string of the molecule is CCOc1cc(/C=C2\S/C(=N\N=C\c3ccc([N+](=O)[O-])cc3)N(Cc3ccco3)C2=O)ccc1O. The number of phenolic OH excluding ortho intramolecular Hbond substituents is 1. The number of ether oxygens (including phenoxy) is 1. The molecule has 35 heavy (non-hydrogen) atoms. The van der Waals surface area contributed by atoms with Crippen molar-refractivity contribution in [2.75, 3.05) is 6.61 Å². The molecule has 0 unspecified atom stereocenters. The maximum absolute atomic E-state index is 13.2. The minimum absolute atomic E-state index is 0.0154. The lowest BCUT2D eigenvalue weighted by Gasteiger charge is -2.12. The summed E-state index contributed by atoms with van der Waals surface area (Å²) in [6.45, 7) is 2.37. The number of nitro benzene ring substituents is 1. The molecule has 10 nitrogen and oxygen atoms in total. The molecule has 2 aromatic carbocycles. The van der Waals surface area contributed by atoms with Crippen molar-refractivity contribution >= 4 is 40.8 Å². The first-order valence-corrected chi connectivity index (χ1v) is 11.3. The molecular formula is C24H20N4O6S. The van der Waals surface area contributed by atoms with Gasteiger partial charge in [0, 0.05) is 12.1 Å². The Balaban J connectivity index is 1.60. The molecule has 1 aliphatic rings. The highest BCUT2D eigenvalue weighted by Crippen LogP contribution is 2.35. The number of aromatic hydroxyl groups is 1. The quantitative estimate of drug-likeness (QED) is 0.207. The fourth-order valence-corrected chi connectivity index (χ4v) is 4.09. The van der Waals surface area contributed by atoms with Crippen LogP contribution < -0.4 is 4.74 Å². The smallest absolute Gasteiger partial charge is 0.269 e. The van der Waals surface area contributed by atoms with Gasteiger partial charge in [-0.05, 0) is 72.3 Å². The van der Waals surface area contributed by atoms with Gasteiger partial charge in [-0.15, -0.1) is 5.10 Å². The maximum Gasteiger partial charge on any atom is 0.269 e. The van der Waals surface area contributed by atoms with Gasteiger partial charge >= 0.3 is 0 Å². The molecule has 0 saturated carbocycles. The van der Waals surface area contributed by atoms with Crippen molar-refractivity contribution in [3.05, 3.63) is 92.8 Å². The van der Waals surface area contributed by atoms with Crippen LogP contribution >= 0.6 is 11.8 Å². The number of rotatable bonds is 8. The summed E-state index contributed by atoms with van der Waals surface area (Å²) in [5.41, 5.74) is 1.28. The van der Waals surface area contributed by atoms with Crippen molar-refractivity contribution in [3.63, 3.8) is 0 Å². The fraction of sp³-hybridized carbons (Fsp3) is 0.125. The molecular weight excluding hydrogens is 472 g/mol. The second kappa shape index (κ2) is 10.7. The van der Waals surface area contributed by atoms with Crippen LogP contribution in [0.1, 0.15) is 23.8 Å². The summed E-state index contributed by atoms with van der Waals surface area (Å²) in [4.78, 5) is 25.4. The van der Waals surface area contributed by atoms with E-state index >= 15 is 0 Å². The number of hydrogen-bond acceptors (Lipinski definition) is 9. The number of carbonyl (C=O) groups excluding carboxylic acids is 1. The predicted molar refractivity (Wildman–Crippen MR) is 132 cm³/mol. The van der Waals surface area contributed by atoms with E-state index in [2.05, 4.69) is 10.2 Å². The summed E-state index contributed by atoms with van der Waals surface area (Å²) in [5.74, 6) is 0.644. The Morgan fingerprint density at radius 2 is 1.97 bits per heavy atom. The summed E-state index contributed by atoms with van der Waals surface area (Å²) in [5, 5.41) is 29.4. The number of amidine groups is 1. The van der Waals surface area contributed by atoms with Gasteiger partial charge in [0.1, 0.15) is 5.76 Å². The van der Waals surface area contributed by atoms with Crippen LogP contribution in [-0.4, -0.2) is 38.8 Å². The third kappa shape index (κ3) is 5.76. The van der Waals surface area contributed by atoms with E-state index in [0.717, 1.165) is 11.8 Å². The van der Waals surface area contributed by atoms with E-state index in [1.165, 1.54) is 35.6 Å². The van der Waals surface area contributed by atoms with Crippen molar-refractivity contribution in [2.45, 2.75) is 13.5 Å². The van der Waals surface area contributed by atoms with E-state index in [-0.39, 0.29) is 23.9 Å². The van der Waals surface area contributed by atoms with E-state index in [1.807, 2.05) is 6.92 Å². The normalized spacial score (nSPS) is 16.0. The molecule has 1 amide bonds. The van der Waals surface area contributed by atoms with Crippen LogP contribution in [0.3, 0.4) is 0 Å². The first kappa shape index (κ1) is 23.8. The molecule has 3 aromatic rings. The van der Waals surface area contributed by atoms with Gasteiger partial charge in [0.25, 0.3) is 11.6 Å². The average molecular weight is 493 g/mol. The van der Waals surface area contributed by atoms with Gasteiger partial charge in [-0.2, -0.15) is 5.10 Å². The van der Waals surface area contributed by atoms with Crippen molar-refractivity contribution in [1.82, 2.24) is 4.90 Å². The average Bonchev–Trinajstić information content (AvgIpc) is 3.46. The van der Waals surface area contributed by atoms with Gasteiger partial charge in [0.05, 0.1) is 35.5 Å². The molecule has 1 N–H and O–H groups in total. The molecule has 11 heteroatoms. The maximum atomic E-state index is 13.2. The molecule has 0 bridgehead atoms. The number of phenols is 1. The molecule has 1 aromatic heterocycles. The van der Waals surface area contributed by atoms with Crippen molar-refractivity contribution in [2.24, 2.45) is 10.2 Å². The zero-order chi connectivity index (χ0) is 24.8. The van der Waals surface area contributed by atoms with Crippen LogP contribution in [0, 0.1) is 10.1 Å². The minimum Gasteiger partial charge on any atom is -0.504 e. The number of thioether (sulfide) groups is 1. The zero-order valence-electron chi connectivity index (χ0n) is 18.5. The van der Waals surface area contributed by atoms with E-state index < -0.39 is 4.92 Å². The minimum atomic E-state index is -0.478. The largest absolute Gasteiger partial charge is 0.504 e. The van der Waals surface area contributed by atoms with Gasteiger partial charge in [-0.1, -0.05) is 6.07 Å². The number of amides is 1. The number of furan rings is 1. The summed E-state index contributed by atoms with van der Waals surface area (Å²) in [7, 11) is 0. The predicted octanol–water partition coefficient (Wildman–Crippen LogP) is 4.80. The van der Waals surface area contributed by atoms with Crippen LogP contribution in [0.25, 0.3) is 6.08 Å². The van der Waals surface area contributed by atoms with Crippen LogP contribution in [0.4, 0.5) is 5.69 Å². The highest BCUT2D eigenvalue weighted by molar-refractivity contribution is 8.18. The number of nitro groups is 1. The lowest BCUT2D eigenvalue weighted by atomic mass is 10.2. The molecule has 2 heterocycles. The fourth-order valence-electron chi connectivity index (χ4n) is 3.15. The molecule has 178 valence electrons. The Hall–Kier alpha value is -4.38. The summed E-state index contributed by atoms with van der Waals surface area (Å²) < 4.78 is 10.8. The number of benzene rings is 2. The van der Waals surface area contributed by atoms with Crippen LogP contribution in [0.2, 0.25) is 0 Å². The molecule has 0 spiro atoms.